The highest BCUT2D eigenvalue weighted by molar-refractivity contribution is 7.11. The van der Waals surface area contributed by atoms with Crippen LogP contribution in [0.25, 0.3) is 0 Å². The van der Waals surface area contributed by atoms with Crippen LogP contribution in [0.3, 0.4) is 0 Å². The molecule has 106 valence electrons. The Labute approximate surface area is 115 Å². The highest BCUT2D eigenvalue weighted by Gasteiger charge is 2.29. The molecule has 1 heterocycles. The number of aromatic carboxylic acids is 1. The van der Waals surface area contributed by atoms with Crippen LogP contribution in [0, 0.1) is 0 Å². The standard InChI is InChI=1S/C12H9F3N2O2S/c13-12(14,15)7-1-3-8(4-2-7)16-5-9-6-20-10(17-9)11(18)19/h1-4,6,16H,5H2,(H,18,19). The van der Waals surface area contributed by atoms with E-state index >= 15 is 0 Å². The Balaban J connectivity index is 1.98. The molecule has 0 unspecified atom stereocenters. The van der Waals surface area contributed by atoms with E-state index in [0.29, 0.717) is 11.4 Å². The maximum atomic E-state index is 12.4. The molecule has 0 saturated carbocycles. The van der Waals surface area contributed by atoms with Crippen LogP contribution < -0.4 is 5.32 Å². The van der Waals surface area contributed by atoms with E-state index < -0.39 is 17.7 Å². The molecule has 8 heteroatoms. The molecule has 0 saturated heterocycles. The van der Waals surface area contributed by atoms with Crippen LogP contribution >= 0.6 is 11.3 Å². The first kappa shape index (κ1) is 14.3. The summed E-state index contributed by atoms with van der Waals surface area (Å²) in [6.45, 7) is 0.245. The van der Waals surface area contributed by atoms with Crippen LogP contribution in [0.5, 0.6) is 0 Å². The fourth-order valence-electron chi connectivity index (χ4n) is 1.46. The molecule has 0 spiro atoms. The molecule has 2 rings (SSSR count). The Hall–Kier alpha value is -2.09. The number of anilines is 1. The number of hydrogen-bond donors (Lipinski definition) is 2. The second kappa shape index (κ2) is 5.49. The van der Waals surface area contributed by atoms with E-state index in [1.807, 2.05) is 0 Å². The summed E-state index contributed by atoms with van der Waals surface area (Å²) in [5.74, 6) is -1.10. The molecule has 2 aromatic rings. The Kier molecular flexibility index (Phi) is 3.93. The normalized spacial score (nSPS) is 11.3. The number of carboxylic acids is 1. The number of carboxylic acid groups (broad SMARTS) is 1. The number of benzene rings is 1. The summed E-state index contributed by atoms with van der Waals surface area (Å²) < 4.78 is 37.1. The summed E-state index contributed by atoms with van der Waals surface area (Å²) in [5.41, 5.74) is 0.306. The van der Waals surface area contributed by atoms with E-state index in [1.54, 1.807) is 5.38 Å². The maximum absolute atomic E-state index is 12.4. The van der Waals surface area contributed by atoms with Gasteiger partial charge in [0.2, 0.25) is 5.01 Å². The van der Waals surface area contributed by atoms with Gasteiger partial charge < -0.3 is 10.4 Å². The Morgan fingerprint density at radius 2 is 1.95 bits per heavy atom. The van der Waals surface area contributed by atoms with Gasteiger partial charge in [-0.3, -0.25) is 0 Å². The van der Waals surface area contributed by atoms with Crippen molar-refractivity contribution in [3.63, 3.8) is 0 Å². The lowest BCUT2D eigenvalue weighted by Crippen LogP contribution is -2.05. The first-order valence-electron chi connectivity index (χ1n) is 5.45. The van der Waals surface area contributed by atoms with Gasteiger partial charge in [0, 0.05) is 11.1 Å². The smallest absolute Gasteiger partial charge is 0.416 e. The molecule has 0 aliphatic heterocycles. The van der Waals surface area contributed by atoms with Gasteiger partial charge >= 0.3 is 12.1 Å². The van der Waals surface area contributed by atoms with Crippen molar-refractivity contribution in [2.75, 3.05) is 5.32 Å². The molecule has 0 bridgehead atoms. The first-order chi connectivity index (χ1) is 9.36. The summed E-state index contributed by atoms with van der Waals surface area (Å²) >= 11 is 0.999. The quantitative estimate of drug-likeness (QED) is 0.907. The van der Waals surface area contributed by atoms with Crippen molar-refractivity contribution in [1.29, 1.82) is 0 Å². The molecular formula is C12H9F3N2O2S. The number of rotatable bonds is 4. The van der Waals surface area contributed by atoms with Gasteiger partial charge in [-0.15, -0.1) is 11.3 Å². The van der Waals surface area contributed by atoms with Crippen LogP contribution in [0.15, 0.2) is 29.6 Å². The number of aromatic nitrogens is 1. The number of nitrogens with zero attached hydrogens (tertiary/aromatic N) is 1. The monoisotopic (exact) mass is 302 g/mol. The largest absolute Gasteiger partial charge is 0.476 e. The lowest BCUT2D eigenvalue weighted by Gasteiger charge is -2.08. The van der Waals surface area contributed by atoms with E-state index in [0.717, 1.165) is 23.5 Å². The van der Waals surface area contributed by atoms with Crippen molar-refractivity contribution in [3.05, 3.63) is 45.9 Å². The zero-order chi connectivity index (χ0) is 14.8. The molecule has 1 aromatic heterocycles. The second-order valence-corrected chi connectivity index (χ2v) is 4.74. The Morgan fingerprint density at radius 3 is 2.45 bits per heavy atom. The minimum absolute atomic E-state index is 0.0192. The van der Waals surface area contributed by atoms with E-state index in [1.165, 1.54) is 12.1 Å². The molecule has 0 radical (unpaired) electrons. The van der Waals surface area contributed by atoms with E-state index in [9.17, 15) is 18.0 Å². The number of alkyl halides is 3. The zero-order valence-electron chi connectivity index (χ0n) is 9.94. The number of thiazole rings is 1. The molecule has 0 atom stereocenters. The average Bonchev–Trinajstić information content (AvgIpc) is 2.85. The van der Waals surface area contributed by atoms with Crippen molar-refractivity contribution in [2.24, 2.45) is 0 Å². The van der Waals surface area contributed by atoms with E-state index in [2.05, 4.69) is 10.3 Å². The molecule has 20 heavy (non-hydrogen) atoms. The Morgan fingerprint density at radius 1 is 1.30 bits per heavy atom. The molecular weight excluding hydrogens is 293 g/mol. The summed E-state index contributed by atoms with van der Waals surface area (Å²) in [6, 6.07) is 4.58. The lowest BCUT2D eigenvalue weighted by atomic mass is 10.2. The predicted molar refractivity (Wildman–Crippen MR) is 67.8 cm³/mol. The third-order valence-electron chi connectivity index (χ3n) is 2.42. The first-order valence-corrected chi connectivity index (χ1v) is 6.33. The van der Waals surface area contributed by atoms with Gasteiger partial charge in [0.25, 0.3) is 0 Å². The summed E-state index contributed by atoms with van der Waals surface area (Å²) in [4.78, 5) is 14.5. The fraction of sp³-hybridized carbons (Fsp3) is 0.167. The molecule has 1 aromatic carbocycles. The van der Waals surface area contributed by atoms with Crippen LogP contribution in [-0.4, -0.2) is 16.1 Å². The van der Waals surface area contributed by atoms with Crippen molar-refractivity contribution in [2.45, 2.75) is 12.7 Å². The number of hydrogen-bond acceptors (Lipinski definition) is 4. The topological polar surface area (TPSA) is 62.2 Å². The van der Waals surface area contributed by atoms with Crippen LogP contribution in [0.1, 0.15) is 21.1 Å². The van der Waals surface area contributed by atoms with Gasteiger partial charge in [-0.25, -0.2) is 9.78 Å². The van der Waals surface area contributed by atoms with Crippen LogP contribution in [0.2, 0.25) is 0 Å². The number of nitrogens with one attached hydrogen (secondary N) is 1. The fourth-order valence-corrected chi connectivity index (χ4v) is 2.11. The highest BCUT2D eigenvalue weighted by atomic mass is 32.1. The van der Waals surface area contributed by atoms with Gasteiger partial charge in [-0.2, -0.15) is 13.2 Å². The van der Waals surface area contributed by atoms with Crippen molar-refractivity contribution in [1.82, 2.24) is 4.98 Å². The molecule has 2 N–H and O–H groups in total. The van der Waals surface area contributed by atoms with Crippen molar-refractivity contribution in [3.8, 4) is 0 Å². The summed E-state index contributed by atoms with van der Waals surface area (Å²) in [7, 11) is 0. The molecule has 0 aliphatic rings. The van der Waals surface area contributed by atoms with Crippen molar-refractivity contribution >= 4 is 23.0 Å². The van der Waals surface area contributed by atoms with Gasteiger partial charge in [0.15, 0.2) is 0 Å². The van der Waals surface area contributed by atoms with Gasteiger partial charge in [0.05, 0.1) is 17.8 Å². The Bertz CT molecular complexity index is 608. The molecule has 0 amide bonds. The number of halogens is 3. The van der Waals surface area contributed by atoms with Crippen LogP contribution in [-0.2, 0) is 12.7 Å². The third-order valence-corrected chi connectivity index (χ3v) is 3.30. The summed E-state index contributed by atoms with van der Waals surface area (Å²) in [5, 5.41) is 13.2. The minimum Gasteiger partial charge on any atom is -0.476 e. The molecule has 0 fully saturated rings. The summed E-state index contributed by atoms with van der Waals surface area (Å²) in [6.07, 6.45) is -4.36. The van der Waals surface area contributed by atoms with Crippen LogP contribution in [0.4, 0.5) is 18.9 Å². The molecule has 0 aliphatic carbocycles. The zero-order valence-corrected chi connectivity index (χ0v) is 10.8. The predicted octanol–water partition coefficient (Wildman–Crippen LogP) is 3.47. The van der Waals surface area contributed by atoms with Gasteiger partial charge in [-0.05, 0) is 24.3 Å². The minimum atomic E-state index is -4.36. The lowest BCUT2D eigenvalue weighted by molar-refractivity contribution is -0.137. The van der Waals surface area contributed by atoms with E-state index in [-0.39, 0.29) is 11.6 Å². The van der Waals surface area contributed by atoms with Gasteiger partial charge in [-0.1, -0.05) is 0 Å². The maximum Gasteiger partial charge on any atom is 0.416 e. The highest BCUT2D eigenvalue weighted by Crippen LogP contribution is 2.29. The molecule has 4 nitrogen and oxygen atoms in total. The van der Waals surface area contributed by atoms with Gasteiger partial charge in [0.1, 0.15) is 0 Å². The SMILES string of the molecule is O=C(O)c1nc(CNc2ccc(C(F)(F)F)cc2)cs1. The van der Waals surface area contributed by atoms with E-state index in [4.69, 9.17) is 5.11 Å². The third kappa shape index (κ3) is 3.47. The number of carbonyl (C=O) groups is 1. The second-order valence-electron chi connectivity index (χ2n) is 3.88. The average molecular weight is 302 g/mol. The van der Waals surface area contributed by atoms with Crippen molar-refractivity contribution < 1.29 is 23.1 Å².